The highest BCUT2D eigenvalue weighted by atomic mass is 16.5. The SMILES string of the molecule is COc1cccc(NC(=O)NCC2CCN(C3CCCC3)CC2)c1. The minimum Gasteiger partial charge on any atom is -0.497 e. The van der Waals surface area contributed by atoms with Crippen molar-refractivity contribution in [2.24, 2.45) is 5.92 Å². The number of nitrogens with zero attached hydrogens (tertiary/aromatic N) is 1. The Kier molecular flexibility index (Phi) is 5.96. The van der Waals surface area contributed by atoms with Gasteiger partial charge >= 0.3 is 6.03 Å². The Morgan fingerprint density at radius 3 is 2.67 bits per heavy atom. The van der Waals surface area contributed by atoms with E-state index >= 15 is 0 Å². The molecule has 2 N–H and O–H groups in total. The molecule has 1 saturated heterocycles. The lowest BCUT2D eigenvalue weighted by Gasteiger charge is -2.36. The third kappa shape index (κ3) is 4.63. The van der Waals surface area contributed by atoms with E-state index in [1.807, 2.05) is 24.3 Å². The van der Waals surface area contributed by atoms with Gasteiger partial charge in [0.25, 0.3) is 0 Å². The van der Waals surface area contributed by atoms with Gasteiger partial charge in [-0.1, -0.05) is 18.9 Å². The number of ether oxygens (including phenoxy) is 1. The molecule has 1 aliphatic heterocycles. The van der Waals surface area contributed by atoms with Crippen LogP contribution in [-0.2, 0) is 0 Å². The fourth-order valence-corrected chi connectivity index (χ4v) is 3.90. The van der Waals surface area contributed by atoms with E-state index in [9.17, 15) is 4.79 Å². The summed E-state index contributed by atoms with van der Waals surface area (Å²) in [4.78, 5) is 14.7. The molecule has 1 aliphatic carbocycles. The zero-order chi connectivity index (χ0) is 16.8. The van der Waals surface area contributed by atoms with Crippen molar-refractivity contribution < 1.29 is 9.53 Å². The average Bonchev–Trinajstić information content (AvgIpc) is 3.15. The summed E-state index contributed by atoms with van der Waals surface area (Å²) in [6, 6.07) is 8.10. The molecule has 0 bridgehead atoms. The first-order chi connectivity index (χ1) is 11.7. The molecule has 1 saturated carbocycles. The van der Waals surface area contributed by atoms with Crippen molar-refractivity contribution >= 4 is 11.7 Å². The predicted molar refractivity (Wildman–Crippen MR) is 96.6 cm³/mol. The zero-order valence-electron chi connectivity index (χ0n) is 14.6. The number of nitrogens with one attached hydrogen (secondary N) is 2. The topological polar surface area (TPSA) is 53.6 Å². The molecule has 1 aromatic rings. The fraction of sp³-hybridized carbons (Fsp3) is 0.632. The maximum absolute atomic E-state index is 12.1. The number of piperidine rings is 1. The average molecular weight is 331 g/mol. The highest BCUT2D eigenvalue weighted by Crippen LogP contribution is 2.27. The summed E-state index contributed by atoms with van der Waals surface area (Å²) in [5.41, 5.74) is 0.753. The molecule has 5 heteroatoms. The van der Waals surface area contributed by atoms with Crippen molar-refractivity contribution in [2.45, 2.75) is 44.6 Å². The molecule has 24 heavy (non-hydrogen) atoms. The molecule has 0 radical (unpaired) electrons. The van der Waals surface area contributed by atoms with Crippen LogP contribution in [0.3, 0.4) is 0 Å². The van der Waals surface area contributed by atoms with Crippen LogP contribution in [-0.4, -0.2) is 43.7 Å². The Hall–Kier alpha value is -1.75. The number of urea groups is 1. The third-order valence-corrected chi connectivity index (χ3v) is 5.37. The van der Waals surface area contributed by atoms with E-state index in [1.54, 1.807) is 7.11 Å². The van der Waals surface area contributed by atoms with Crippen molar-refractivity contribution in [1.29, 1.82) is 0 Å². The summed E-state index contributed by atoms with van der Waals surface area (Å²) < 4.78 is 5.17. The highest BCUT2D eigenvalue weighted by Gasteiger charge is 2.27. The van der Waals surface area contributed by atoms with Gasteiger partial charge in [-0.05, 0) is 56.8 Å². The molecule has 3 rings (SSSR count). The lowest BCUT2D eigenvalue weighted by molar-refractivity contribution is 0.134. The lowest BCUT2D eigenvalue weighted by atomic mass is 9.95. The van der Waals surface area contributed by atoms with E-state index in [1.165, 1.54) is 51.6 Å². The molecule has 0 spiro atoms. The summed E-state index contributed by atoms with van der Waals surface area (Å²) in [7, 11) is 1.62. The molecule has 2 fully saturated rings. The number of carbonyl (C=O) groups is 1. The van der Waals surface area contributed by atoms with Gasteiger partial charge in [0.2, 0.25) is 0 Å². The van der Waals surface area contributed by atoms with E-state index in [4.69, 9.17) is 4.74 Å². The molecule has 1 aromatic carbocycles. The largest absolute Gasteiger partial charge is 0.497 e. The van der Waals surface area contributed by atoms with Crippen molar-refractivity contribution in [2.75, 3.05) is 32.1 Å². The summed E-state index contributed by atoms with van der Waals surface area (Å²) in [6.07, 6.45) is 7.94. The number of anilines is 1. The Labute approximate surface area is 144 Å². The number of hydrogen-bond acceptors (Lipinski definition) is 3. The minimum atomic E-state index is -0.138. The molecular formula is C19H29N3O2. The van der Waals surface area contributed by atoms with Crippen LogP contribution in [0, 0.1) is 5.92 Å². The molecule has 2 amide bonds. The van der Waals surface area contributed by atoms with Crippen LogP contribution in [0.25, 0.3) is 0 Å². The van der Waals surface area contributed by atoms with Crippen LogP contribution < -0.4 is 15.4 Å². The van der Waals surface area contributed by atoms with Gasteiger partial charge in [0.05, 0.1) is 7.11 Å². The maximum atomic E-state index is 12.1. The van der Waals surface area contributed by atoms with Crippen LogP contribution in [0.1, 0.15) is 38.5 Å². The summed E-state index contributed by atoms with van der Waals surface area (Å²) in [5, 5.41) is 5.88. The minimum absolute atomic E-state index is 0.138. The first-order valence-corrected chi connectivity index (χ1v) is 9.17. The number of likely N-dealkylation sites (tertiary alicyclic amines) is 1. The molecule has 132 valence electrons. The van der Waals surface area contributed by atoms with Crippen LogP contribution in [0.2, 0.25) is 0 Å². The van der Waals surface area contributed by atoms with Gasteiger partial charge in [-0.3, -0.25) is 0 Å². The van der Waals surface area contributed by atoms with Crippen LogP contribution in [0.5, 0.6) is 5.75 Å². The predicted octanol–water partition coefficient (Wildman–Crippen LogP) is 3.47. The highest BCUT2D eigenvalue weighted by molar-refractivity contribution is 5.89. The van der Waals surface area contributed by atoms with Gasteiger partial charge in [0.1, 0.15) is 5.75 Å². The number of rotatable bonds is 5. The van der Waals surface area contributed by atoms with Crippen molar-refractivity contribution in [3.63, 3.8) is 0 Å². The van der Waals surface area contributed by atoms with Gasteiger partial charge in [0.15, 0.2) is 0 Å². The van der Waals surface area contributed by atoms with Gasteiger partial charge in [-0.15, -0.1) is 0 Å². The number of amides is 2. The number of methoxy groups -OCH3 is 1. The molecule has 0 atom stereocenters. The Balaban J connectivity index is 1.37. The van der Waals surface area contributed by atoms with E-state index in [2.05, 4.69) is 15.5 Å². The van der Waals surface area contributed by atoms with Gasteiger partial charge < -0.3 is 20.3 Å². The number of hydrogen-bond donors (Lipinski definition) is 2. The van der Waals surface area contributed by atoms with Crippen LogP contribution in [0.4, 0.5) is 10.5 Å². The monoisotopic (exact) mass is 331 g/mol. The lowest BCUT2D eigenvalue weighted by Crippen LogP contribution is -2.43. The first kappa shape index (κ1) is 17.1. The van der Waals surface area contributed by atoms with Gasteiger partial charge in [-0.25, -0.2) is 4.79 Å². The summed E-state index contributed by atoms with van der Waals surface area (Å²) in [5.74, 6) is 1.34. The van der Waals surface area contributed by atoms with E-state index in [0.29, 0.717) is 5.92 Å². The summed E-state index contributed by atoms with van der Waals surface area (Å²) in [6.45, 7) is 3.14. The van der Waals surface area contributed by atoms with E-state index < -0.39 is 0 Å². The maximum Gasteiger partial charge on any atom is 0.319 e. The Morgan fingerprint density at radius 2 is 1.96 bits per heavy atom. The van der Waals surface area contributed by atoms with E-state index in [0.717, 1.165) is 24.0 Å². The Morgan fingerprint density at radius 1 is 1.21 bits per heavy atom. The van der Waals surface area contributed by atoms with Crippen molar-refractivity contribution in [3.05, 3.63) is 24.3 Å². The number of carbonyl (C=O) groups excluding carboxylic acids is 1. The van der Waals surface area contributed by atoms with Gasteiger partial charge in [0, 0.05) is 24.3 Å². The second-order valence-electron chi connectivity index (χ2n) is 6.98. The van der Waals surface area contributed by atoms with Crippen molar-refractivity contribution in [3.8, 4) is 5.75 Å². The molecule has 0 unspecified atom stereocenters. The Bertz CT molecular complexity index is 535. The normalized spacial score (nSPS) is 20.0. The molecule has 0 aromatic heterocycles. The molecule has 5 nitrogen and oxygen atoms in total. The molecular weight excluding hydrogens is 302 g/mol. The number of benzene rings is 1. The summed E-state index contributed by atoms with van der Waals surface area (Å²) >= 11 is 0. The third-order valence-electron chi connectivity index (χ3n) is 5.37. The standard InChI is InChI=1S/C19H29N3O2/c1-24-18-8-4-5-16(13-18)21-19(23)20-14-15-9-11-22(12-10-15)17-6-2-3-7-17/h4-5,8,13,15,17H,2-3,6-7,9-12,14H2,1H3,(H2,20,21,23). The van der Waals surface area contributed by atoms with Gasteiger partial charge in [-0.2, -0.15) is 0 Å². The van der Waals surface area contributed by atoms with Crippen molar-refractivity contribution in [1.82, 2.24) is 10.2 Å². The molecule has 1 heterocycles. The second-order valence-corrected chi connectivity index (χ2v) is 6.98. The second kappa shape index (κ2) is 8.38. The zero-order valence-corrected chi connectivity index (χ0v) is 14.6. The van der Waals surface area contributed by atoms with Crippen LogP contribution in [0.15, 0.2) is 24.3 Å². The van der Waals surface area contributed by atoms with E-state index in [-0.39, 0.29) is 6.03 Å². The van der Waals surface area contributed by atoms with Crippen LogP contribution >= 0.6 is 0 Å². The smallest absolute Gasteiger partial charge is 0.319 e. The first-order valence-electron chi connectivity index (χ1n) is 9.17. The fourth-order valence-electron chi connectivity index (χ4n) is 3.90. The molecule has 2 aliphatic rings. The quantitative estimate of drug-likeness (QED) is 0.868.